The van der Waals surface area contributed by atoms with Crippen LogP contribution in [0.2, 0.25) is 10.0 Å². The van der Waals surface area contributed by atoms with E-state index < -0.39 is 0 Å². The van der Waals surface area contributed by atoms with Gasteiger partial charge in [0, 0.05) is 27.7 Å². The minimum atomic E-state index is -0.146. The normalized spacial score (nSPS) is 10.7. The molecule has 0 radical (unpaired) electrons. The molecule has 0 saturated carbocycles. The third-order valence-corrected chi connectivity index (χ3v) is 4.10. The second kappa shape index (κ2) is 5.99. The first-order chi connectivity index (χ1) is 9.02. The lowest BCUT2D eigenvalue weighted by atomic mass is 10.1. The van der Waals surface area contributed by atoms with Gasteiger partial charge in [-0.25, -0.2) is 4.98 Å². The minimum absolute atomic E-state index is 0.146. The number of nitrogens with one attached hydrogen (secondary N) is 1. The van der Waals surface area contributed by atoms with Crippen molar-refractivity contribution in [1.29, 1.82) is 0 Å². The fourth-order valence-electron chi connectivity index (χ4n) is 1.77. The molecule has 1 aromatic carbocycles. The largest absolute Gasteiger partial charge is 0.301 e. The van der Waals surface area contributed by atoms with Crippen LogP contribution in [0.1, 0.15) is 16.8 Å². The lowest BCUT2D eigenvalue weighted by Crippen LogP contribution is -2.17. The molecular formula is C13H12Cl2N2OS. The fourth-order valence-corrected chi connectivity index (χ4v) is 2.72. The third kappa shape index (κ3) is 3.14. The maximum atomic E-state index is 12.1. The molecule has 1 aromatic heterocycles. The summed E-state index contributed by atoms with van der Waals surface area (Å²) in [6, 6.07) is 5.30. The lowest BCUT2D eigenvalue weighted by Gasteiger charge is -2.09. The monoisotopic (exact) mass is 314 g/mol. The summed E-state index contributed by atoms with van der Waals surface area (Å²) in [7, 11) is 0. The SMILES string of the molecule is CSc1nc(C)c(Cc2c(Cl)cccc2Cl)c(=O)[nH]1. The molecule has 0 saturated heterocycles. The van der Waals surface area contributed by atoms with E-state index in [0.717, 1.165) is 5.56 Å². The molecule has 0 aliphatic rings. The van der Waals surface area contributed by atoms with Gasteiger partial charge in [0.1, 0.15) is 0 Å². The van der Waals surface area contributed by atoms with Gasteiger partial charge in [-0.15, -0.1) is 0 Å². The van der Waals surface area contributed by atoms with E-state index in [1.54, 1.807) is 18.2 Å². The van der Waals surface area contributed by atoms with Crippen molar-refractivity contribution >= 4 is 35.0 Å². The van der Waals surface area contributed by atoms with Crippen molar-refractivity contribution in [2.75, 3.05) is 6.26 Å². The second-order valence-corrected chi connectivity index (χ2v) is 5.63. The average molecular weight is 315 g/mol. The molecule has 0 spiro atoms. The van der Waals surface area contributed by atoms with Crippen LogP contribution >= 0.6 is 35.0 Å². The Hall–Kier alpha value is -0.970. The van der Waals surface area contributed by atoms with Crippen LogP contribution in [0.4, 0.5) is 0 Å². The molecule has 0 aliphatic heterocycles. The minimum Gasteiger partial charge on any atom is -0.301 e. The summed E-state index contributed by atoms with van der Waals surface area (Å²) in [6.45, 7) is 1.81. The van der Waals surface area contributed by atoms with Crippen molar-refractivity contribution in [3.63, 3.8) is 0 Å². The van der Waals surface area contributed by atoms with Crippen molar-refractivity contribution in [2.45, 2.75) is 18.5 Å². The number of nitrogens with zero attached hydrogens (tertiary/aromatic N) is 1. The van der Waals surface area contributed by atoms with E-state index in [1.165, 1.54) is 11.8 Å². The van der Waals surface area contributed by atoms with Gasteiger partial charge in [0.2, 0.25) is 0 Å². The van der Waals surface area contributed by atoms with Crippen LogP contribution in [-0.4, -0.2) is 16.2 Å². The maximum absolute atomic E-state index is 12.1. The van der Waals surface area contributed by atoms with Gasteiger partial charge in [-0.3, -0.25) is 4.79 Å². The van der Waals surface area contributed by atoms with E-state index in [9.17, 15) is 4.79 Å². The molecule has 19 heavy (non-hydrogen) atoms. The number of rotatable bonds is 3. The molecular weight excluding hydrogens is 303 g/mol. The molecule has 3 nitrogen and oxygen atoms in total. The van der Waals surface area contributed by atoms with Crippen LogP contribution in [0.25, 0.3) is 0 Å². The summed E-state index contributed by atoms with van der Waals surface area (Å²) in [5, 5.41) is 1.72. The Morgan fingerprint density at radius 3 is 2.42 bits per heavy atom. The Bertz CT molecular complexity index is 650. The lowest BCUT2D eigenvalue weighted by molar-refractivity contribution is 0.868. The average Bonchev–Trinajstić information content (AvgIpc) is 2.36. The van der Waals surface area contributed by atoms with Crippen LogP contribution in [0.15, 0.2) is 28.2 Å². The zero-order valence-corrected chi connectivity index (χ0v) is 12.8. The van der Waals surface area contributed by atoms with Gasteiger partial charge in [-0.05, 0) is 30.9 Å². The van der Waals surface area contributed by atoms with Crippen LogP contribution in [0, 0.1) is 6.92 Å². The van der Waals surface area contributed by atoms with Crippen molar-refractivity contribution in [3.05, 3.63) is 55.4 Å². The van der Waals surface area contributed by atoms with Gasteiger partial charge < -0.3 is 4.98 Å². The maximum Gasteiger partial charge on any atom is 0.255 e. The molecule has 100 valence electrons. The highest BCUT2D eigenvalue weighted by Gasteiger charge is 2.13. The van der Waals surface area contributed by atoms with Crippen molar-refractivity contribution in [3.8, 4) is 0 Å². The summed E-state index contributed by atoms with van der Waals surface area (Å²) in [6.07, 6.45) is 2.24. The number of thioether (sulfide) groups is 1. The summed E-state index contributed by atoms with van der Waals surface area (Å²) in [4.78, 5) is 19.1. The van der Waals surface area contributed by atoms with Gasteiger partial charge in [-0.1, -0.05) is 41.0 Å². The topological polar surface area (TPSA) is 45.8 Å². The van der Waals surface area contributed by atoms with E-state index in [1.807, 2.05) is 13.2 Å². The molecule has 0 amide bonds. The van der Waals surface area contributed by atoms with Crippen LogP contribution in [0.5, 0.6) is 0 Å². The first kappa shape index (κ1) is 14.4. The Kier molecular flexibility index (Phi) is 4.55. The number of benzene rings is 1. The van der Waals surface area contributed by atoms with E-state index in [2.05, 4.69) is 9.97 Å². The third-order valence-electron chi connectivity index (χ3n) is 2.81. The summed E-state index contributed by atoms with van der Waals surface area (Å²) >= 11 is 13.6. The molecule has 0 fully saturated rings. The molecule has 0 aliphatic carbocycles. The Balaban J connectivity index is 2.47. The summed E-state index contributed by atoms with van der Waals surface area (Å²) in [5.74, 6) is 0. The number of aromatic nitrogens is 2. The van der Waals surface area contributed by atoms with Crippen molar-refractivity contribution < 1.29 is 0 Å². The van der Waals surface area contributed by atoms with Gasteiger partial charge >= 0.3 is 0 Å². The van der Waals surface area contributed by atoms with Crippen LogP contribution < -0.4 is 5.56 Å². The molecule has 2 rings (SSSR count). The Labute approximate surface area is 125 Å². The zero-order chi connectivity index (χ0) is 14.0. The van der Waals surface area contributed by atoms with Crippen LogP contribution in [0.3, 0.4) is 0 Å². The molecule has 1 N–H and O–H groups in total. The predicted molar refractivity (Wildman–Crippen MR) is 80.6 cm³/mol. The number of aromatic amines is 1. The van der Waals surface area contributed by atoms with E-state index >= 15 is 0 Å². The van der Waals surface area contributed by atoms with Gasteiger partial charge in [0.05, 0.1) is 0 Å². The molecule has 0 bridgehead atoms. The second-order valence-electron chi connectivity index (χ2n) is 4.02. The highest BCUT2D eigenvalue weighted by molar-refractivity contribution is 7.98. The van der Waals surface area contributed by atoms with E-state index in [4.69, 9.17) is 23.2 Å². The highest BCUT2D eigenvalue weighted by Crippen LogP contribution is 2.26. The number of H-pyrrole nitrogens is 1. The summed E-state index contributed by atoms with van der Waals surface area (Å²) < 4.78 is 0. The van der Waals surface area contributed by atoms with Crippen LogP contribution in [-0.2, 0) is 6.42 Å². The fraction of sp³-hybridized carbons (Fsp3) is 0.231. The van der Waals surface area contributed by atoms with Gasteiger partial charge in [0.25, 0.3) is 5.56 Å². The standard InChI is InChI=1S/C13H12Cl2N2OS/c1-7-8(12(18)17-13(16-7)19-2)6-9-10(14)4-3-5-11(9)15/h3-5H,6H2,1-2H3,(H,16,17,18). The van der Waals surface area contributed by atoms with Gasteiger partial charge in [-0.2, -0.15) is 0 Å². The quantitative estimate of drug-likeness (QED) is 0.694. The highest BCUT2D eigenvalue weighted by atomic mass is 35.5. The number of hydrogen-bond acceptors (Lipinski definition) is 3. The number of hydrogen-bond donors (Lipinski definition) is 1. The molecule has 0 unspecified atom stereocenters. The molecule has 1 heterocycles. The van der Waals surface area contributed by atoms with Gasteiger partial charge in [0.15, 0.2) is 5.16 Å². The first-order valence-electron chi connectivity index (χ1n) is 5.59. The van der Waals surface area contributed by atoms with E-state index in [0.29, 0.717) is 32.9 Å². The Morgan fingerprint density at radius 1 is 1.26 bits per heavy atom. The molecule has 6 heteroatoms. The predicted octanol–water partition coefficient (Wildman–Crippen LogP) is 3.70. The van der Waals surface area contributed by atoms with Crippen molar-refractivity contribution in [1.82, 2.24) is 9.97 Å². The zero-order valence-electron chi connectivity index (χ0n) is 10.5. The smallest absolute Gasteiger partial charge is 0.255 e. The van der Waals surface area contributed by atoms with Crippen molar-refractivity contribution in [2.24, 2.45) is 0 Å². The number of halogens is 2. The summed E-state index contributed by atoms with van der Waals surface area (Å²) in [5.41, 5.74) is 1.89. The molecule has 2 aromatic rings. The van der Waals surface area contributed by atoms with E-state index in [-0.39, 0.29) is 5.56 Å². The number of aryl methyl sites for hydroxylation is 1. The Morgan fingerprint density at radius 2 is 1.89 bits per heavy atom. The molecule has 0 atom stereocenters. The first-order valence-corrected chi connectivity index (χ1v) is 7.57.